The zero-order valence-electron chi connectivity index (χ0n) is 11.3. The molecule has 0 atom stereocenters. The van der Waals surface area contributed by atoms with Gasteiger partial charge in [0.2, 0.25) is 0 Å². The summed E-state index contributed by atoms with van der Waals surface area (Å²) in [5, 5.41) is 9.15. The average molecular weight is 281 g/mol. The van der Waals surface area contributed by atoms with Crippen LogP contribution in [0.4, 0.5) is 0 Å². The van der Waals surface area contributed by atoms with E-state index in [-0.39, 0.29) is 0 Å². The van der Waals surface area contributed by atoms with E-state index in [0.29, 0.717) is 37.7 Å². The molecular weight excluding hydrogens is 262 g/mol. The summed E-state index contributed by atoms with van der Waals surface area (Å²) in [5.74, 6) is 0.645. The topological polar surface area (TPSA) is 51.5 Å². The van der Waals surface area contributed by atoms with Crippen molar-refractivity contribution in [2.75, 3.05) is 39.8 Å². The van der Waals surface area contributed by atoms with E-state index in [4.69, 9.17) is 19.5 Å². The largest absolute Gasteiger partial charge is 0.492 e. The fourth-order valence-corrected chi connectivity index (χ4v) is 2.06. The maximum Gasteiger partial charge on any atom is 0.138 e. The fourth-order valence-electron chi connectivity index (χ4n) is 1.50. The second-order valence-corrected chi connectivity index (χ2v) is 4.60. The van der Waals surface area contributed by atoms with Crippen LogP contribution < -0.4 is 4.74 Å². The van der Waals surface area contributed by atoms with Gasteiger partial charge in [-0.2, -0.15) is 5.26 Å². The Morgan fingerprint density at radius 2 is 2.05 bits per heavy atom. The van der Waals surface area contributed by atoms with Gasteiger partial charge in [-0.3, -0.25) is 0 Å². The molecule has 0 N–H and O–H groups in total. The van der Waals surface area contributed by atoms with Crippen LogP contribution in [0.25, 0.3) is 0 Å². The predicted molar refractivity (Wildman–Crippen MR) is 75.7 cm³/mol. The lowest BCUT2D eigenvalue weighted by Crippen LogP contribution is -2.07. The Labute approximate surface area is 118 Å². The van der Waals surface area contributed by atoms with Crippen molar-refractivity contribution < 1.29 is 14.2 Å². The lowest BCUT2D eigenvalue weighted by atomic mass is 10.2. The minimum atomic E-state index is 0.541. The molecule has 0 aliphatic rings. The number of benzene rings is 1. The molecule has 104 valence electrons. The van der Waals surface area contributed by atoms with E-state index in [1.807, 2.05) is 24.5 Å². The van der Waals surface area contributed by atoms with Gasteiger partial charge >= 0.3 is 0 Å². The van der Waals surface area contributed by atoms with Gasteiger partial charge in [-0.25, -0.2) is 0 Å². The first-order valence-electron chi connectivity index (χ1n) is 6.10. The highest BCUT2D eigenvalue weighted by Crippen LogP contribution is 2.27. The van der Waals surface area contributed by atoms with Gasteiger partial charge in [0, 0.05) is 25.0 Å². The zero-order chi connectivity index (χ0) is 13.9. The van der Waals surface area contributed by atoms with Crippen LogP contribution in [-0.4, -0.2) is 39.8 Å². The number of methoxy groups -OCH3 is 1. The van der Waals surface area contributed by atoms with Gasteiger partial charge in [0.1, 0.15) is 17.4 Å². The van der Waals surface area contributed by atoms with E-state index >= 15 is 0 Å². The van der Waals surface area contributed by atoms with E-state index in [9.17, 15) is 0 Å². The Bertz CT molecular complexity index is 418. The summed E-state index contributed by atoms with van der Waals surface area (Å²) in [4.78, 5) is 0.941. The highest BCUT2D eigenvalue weighted by Gasteiger charge is 2.07. The lowest BCUT2D eigenvalue weighted by Gasteiger charge is -2.10. The zero-order valence-corrected chi connectivity index (χ0v) is 12.2. The number of nitriles is 1. The first-order chi connectivity index (χ1) is 9.33. The smallest absolute Gasteiger partial charge is 0.138 e. The number of hydrogen-bond donors (Lipinski definition) is 0. The van der Waals surface area contributed by atoms with Crippen molar-refractivity contribution in [1.82, 2.24) is 0 Å². The van der Waals surface area contributed by atoms with Crippen molar-refractivity contribution in [2.24, 2.45) is 0 Å². The maximum absolute atomic E-state index is 9.15. The van der Waals surface area contributed by atoms with Gasteiger partial charge in [0.05, 0.1) is 19.8 Å². The molecule has 0 saturated carbocycles. The lowest BCUT2D eigenvalue weighted by molar-refractivity contribution is 0.0644. The monoisotopic (exact) mass is 281 g/mol. The van der Waals surface area contributed by atoms with Crippen LogP contribution in [0.15, 0.2) is 23.1 Å². The molecule has 0 aliphatic carbocycles. The van der Waals surface area contributed by atoms with Gasteiger partial charge in [-0.1, -0.05) is 6.07 Å². The molecular formula is C14H19NO3S. The summed E-state index contributed by atoms with van der Waals surface area (Å²) >= 11 is 1.55. The number of ether oxygens (including phenoxy) is 3. The van der Waals surface area contributed by atoms with Gasteiger partial charge in [-0.15, -0.1) is 11.8 Å². The predicted octanol–water partition coefficient (Wildman–Crippen LogP) is 2.71. The third-order valence-electron chi connectivity index (χ3n) is 2.44. The highest BCUT2D eigenvalue weighted by atomic mass is 32.2. The molecule has 0 aliphatic heterocycles. The van der Waals surface area contributed by atoms with Crippen molar-refractivity contribution >= 4 is 11.8 Å². The highest BCUT2D eigenvalue weighted by molar-refractivity contribution is 7.98. The molecule has 19 heavy (non-hydrogen) atoms. The summed E-state index contributed by atoms with van der Waals surface area (Å²) < 4.78 is 15.8. The number of nitrogens with zero attached hydrogens (tertiary/aromatic N) is 1. The molecule has 1 aromatic carbocycles. The standard InChI is InChI=1S/C14H19NO3S/c1-16-9-10-17-7-4-8-18-13-5-3-6-14(19-2)12(13)11-15/h3,5-6H,4,7-10H2,1-2H3. The Balaban J connectivity index is 2.35. The Hall–Kier alpha value is -1.22. The van der Waals surface area contributed by atoms with Crippen molar-refractivity contribution in [3.8, 4) is 11.8 Å². The molecule has 0 amide bonds. The van der Waals surface area contributed by atoms with Crippen molar-refractivity contribution in [3.05, 3.63) is 23.8 Å². The molecule has 0 unspecified atom stereocenters. The summed E-state index contributed by atoms with van der Waals surface area (Å²) in [5.41, 5.74) is 0.607. The molecule has 5 heteroatoms. The molecule has 0 radical (unpaired) electrons. The first-order valence-corrected chi connectivity index (χ1v) is 7.32. The number of thioether (sulfide) groups is 1. The number of rotatable bonds is 9. The molecule has 1 rings (SSSR count). The molecule has 0 fully saturated rings. The number of hydrogen-bond acceptors (Lipinski definition) is 5. The van der Waals surface area contributed by atoms with E-state index in [2.05, 4.69) is 6.07 Å². The van der Waals surface area contributed by atoms with E-state index in [0.717, 1.165) is 11.3 Å². The van der Waals surface area contributed by atoms with E-state index in [1.165, 1.54) is 0 Å². The Kier molecular flexibility index (Phi) is 8.07. The SMILES string of the molecule is COCCOCCCOc1cccc(SC)c1C#N. The molecule has 1 aromatic rings. The van der Waals surface area contributed by atoms with Crippen LogP contribution in [0.1, 0.15) is 12.0 Å². The van der Waals surface area contributed by atoms with E-state index < -0.39 is 0 Å². The van der Waals surface area contributed by atoms with Crippen LogP contribution >= 0.6 is 11.8 Å². The minimum absolute atomic E-state index is 0.541. The third-order valence-corrected chi connectivity index (χ3v) is 3.22. The van der Waals surface area contributed by atoms with Crippen LogP contribution in [-0.2, 0) is 9.47 Å². The van der Waals surface area contributed by atoms with Gasteiger partial charge in [-0.05, 0) is 18.4 Å². The van der Waals surface area contributed by atoms with Crippen molar-refractivity contribution in [2.45, 2.75) is 11.3 Å². The molecule has 0 heterocycles. The molecule has 4 nitrogen and oxygen atoms in total. The van der Waals surface area contributed by atoms with Crippen LogP contribution in [0, 0.1) is 11.3 Å². The first kappa shape index (κ1) is 15.8. The van der Waals surface area contributed by atoms with Crippen LogP contribution in [0.2, 0.25) is 0 Å². The molecule has 0 spiro atoms. The van der Waals surface area contributed by atoms with Crippen LogP contribution in [0.5, 0.6) is 5.75 Å². The van der Waals surface area contributed by atoms with Crippen molar-refractivity contribution in [3.63, 3.8) is 0 Å². The Morgan fingerprint density at radius 1 is 1.21 bits per heavy atom. The quantitative estimate of drug-likeness (QED) is 0.514. The molecule has 0 aromatic heterocycles. The second kappa shape index (κ2) is 9.68. The van der Waals surface area contributed by atoms with Crippen molar-refractivity contribution in [1.29, 1.82) is 5.26 Å². The van der Waals surface area contributed by atoms with E-state index in [1.54, 1.807) is 18.9 Å². The molecule has 0 bridgehead atoms. The molecule has 0 saturated heterocycles. The van der Waals surface area contributed by atoms with Crippen LogP contribution in [0.3, 0.4) is 0 Å². The average Bonchev–Trinajstić information content (AvgIpc) is 2.45. The Morgan fingerprint density at radius 3 is 2.74 bits per heavy atom. The summed E-state index contributed by atoms with van der Waals surface area (Å²) in [7, 11) is 1.65. The normalized spacial score (nSPS) is 10.2. The van der Waals surface area contributed by atoms with Gasteiger partial charge < -0.3 is 14.2 Å². The summed E-state index contributed by atoms with van der Waals surface area (Å²) in [6, 6.07) is 7.83. The minimum Gasteiger partial charge on any atom is -0.492 e. The second-order valence-electron chi connectivity index (χ2n) is 3.75. The maximum atomic E-state index is 9.15. The van der Waals surface area contributed by atoms with Gasteiger partial charge in [0.15, 0.2) is 0 Å². The van der Waals surface area contributed by atoms with Gasteiger partial charge in [0.25, 0.3) is 0 Å². The summed E-state index contributed by atoms with van der Waals surface area (Å²) in [6.07, 6.45) is 2.74. The third kappa shape index (κ3) is 5.52. The summed E-state index contributed by atoms with van der Waals surface area (Å²) in [6.45, 7) is 2.38. The fraction of sp³-hybridized carbons (Fsp3) is 0.500.